The summed E-state index contributed by atoms with van der Waals surface area (Å²) >= 11 is 0. The van der Waals surface area contributed by atoms with E-state index in [4.69, 9.17) is 4.52 Å². The van der Waals surface area contributed by atoms with Crippen LogP contribution in [0.4, 0.5) is 0 Å². The van der Waals surface area contributed by atoms with Gasteiger partial charge in [-0.1, -0.05) is 18.2 Å². The number of esters is 1. The molecule has 0 aromatic heterocycles. The molecule has 1 rings (SSSR count). The number of hydrogen-bond donors (Lipinski definition) is 1. The molecule has 0 saturated carbocycles. The van der Waals surface area contributed by atoms with Crippen molar-refractivity contribution in [1.29, 1.82) is 0 Å². The van der Waals surface area contributed by atoms with Crippen LogP contribution < -0.4 is 5.32 Å². The minimum atomic E-state index is -2.85. The van der Waals surface area contributed by atoms with Crippen molar-refractivity contribution in [3.05, 3.63) is 47.7 Å². The third-order valence-corrected chi connectivity index (χ3v) is 4.37. The van der Waals surface area contributed by atoms with Crippen LogP contribution >= 0.6 is 7.37 Å². The van der Waals surface area contributed by atoms with Crippen LogP contribution in [0.1, 0.15) is 17.3 Å². The van der Waals surface area contributed by atoms with Crippen molar-refractivity contribution in [3.8, 4) is 0 Å². The van der Waals surface area contributed by atoms with E-state index in [1.165, 1.54) is 19.9 Å². The number of hydrogen-bond acceptors (Lipinski definition) is 5. The van der Waals surface area contributed by atoms with Crippen LogP contribution in [0.15, 0.2) is 42.1 Å². The summed E-state index contributed by atoms with van der Waals surface area (Å²) in [6, 6.07) is 8.45. The molecule has 1 amide bonds. The Morgan fingerprint density at radius 2 is 1.91 bits per heavy atom. The predicted molar refractivity (Wildman–Crippen MR) is 84.0 cm³/mol. The lowest BCUT2D eigenvalue weighted by molar-refractivity contribution is -0.136. The van der Waals surface area contributed by atoms with Gasteiger partial charge in [-0.05, 0) is 25.1 Å². The van der Waals surface area contributed by atoms with Crippen molar-refractivity contribution in [2.75, 3.05) is 26.5 Å². The molecule has 0 spiro atoms. The zero-order valence-electron chi connectivity index (χ0n) is 12.9. The molecule has 0 fully saturated rings. The molecule has 1 aromatic carbocycles. The highest BCUT2D eigenvalue weighted by atomic mass is 31.2. The molecule has 0 aliphatic rings. The van der Waals surface area contributed by atoms with E-state index in [2.05, 4.69) is 10.1 Å². The van der Waals surface area contributed by atoms with E-state index in [-0.39, 0.29) is 11.9 Å². The van der Waals surface area contributed by atoms with E-state index in [0.717, 1.165) is 0 Å². The Labute approximate surface area is 130 Å². The number of nitrogens with one attached hydrogen (secondary N) is 1. The van der Waals surface area contributed by atoms with Crippen molar-refractivity contribution in [3.63, 3.8) is 0 Å². The summed E-state index contributed by atoms with van der Waals surface area (Å²) in [5, 5.41) is 2.47. The van der Waals surface area contributed by atoms with Crippen molar-refractivity contribution >= 4 is 19.2 Å². The molecule has 0 aliphatic carbocycles. The minimum absolute atomic E-state index is 0.0281. The molecule has 0 bridgehead atoms. The summed E-state index contributed by atoms with van der Waals surface area (Å²) in [5.41, 5.74) is 0.347. The second kappa shape index (κ2) is 8.51. The topological polar surface area (TPSA) is 81.7 Å². The van der Waals surface area contributed by atoms with Crippen LogP contribution in [-0.2, 0) is 18.6 Å². The Morgan fingerprint density at radius 3 is 2.45 bits per heavy atom. The van der Waals surface area contributed by atoms with Crippen molar-refractivity contribution < 1.29 is 23.4 Å². The maximum absolute atomic E-state index is 12.1. The summed E-state index contributed by atoms with van der Waals surface area (Å²) in [4.78, 5) is 23.8. The number of carbonyl (C=O) groups excluding carboxylic acids is 2. The fraction of sp³-hybridized carbons (Fsp3) is 0.333. The number of carbonyl (C=O) groups is 2. The fourth-order valence-corrected chi connectivity index (χ4v) is 2.83. The summed E-state index contributed by atoms with van der Waals surface area (Å²) < 4.78 is 21.8. The predicted octanol–water partition coefficient (Wildman–Crippen LogP) is 2.42. The van der Waals surface area contributed by atoms with Gasteiger partial charge in [0, 0.05) is 18.4 Å². The molecule has 1 atom stereocenters. The van der Waals surface area contributed by atoms with Gasteiger partial charge in [-0.3, -0.25) is 9.36 Å². The second-order valence-corrected chi connectivity index (χ2v) is 7.20. The third-order valence-electron chi connectivity index (χ3n) is 2.72. The Morgan fingerprint density at radius 1 is 1.27 bits per heavy atom. The number of rotatable bonds is 7. The quantitative estimate of drug-likeness (QED) is 0.473. The first-order chi connectivity index (χ1) is 10.4. The molecule has 22 heavy (non-hydrogen) atoms. The Balaban J connectivity index is 2.88. The van der Waals surface area contributed by atoms with Gasteiger partial charge in [0.25, 0.3) is 5.91 Å². The van der Waals surface area contributed by atoms with Gasteiger partial charge in [-0.15, -0.1) is 0 Å². The molecule has 1 unspecified atom stereocenters. The monoisotopic (exact) mass is 325 g/mol. The van der Waals surface area contributed by atoms with Crippen molar-refractivity contribution in [2.24, 2.45) is 0 Å². The molecule has 0 aliphatic heterocycles. The summed E-state index contributed by atoms with van der Waals surface area (Å²) in [6.07, 6.45) is 1.39. The fourth-order valence-electron chi connectivity index (χ4n) is 1.66. The molecular formula is C15H20NO5P. The third kappa shape index (κ3) is 5.84. The summed E-state index contributed by atoms with van der Waals surface area (Å²) in [7, 11) is -1.64. The zero-order valence-corrected chi connectivity index (χ0v) is 13.8. The van der Waals surface area contributed by atoms with E-state index in [1.807, 2.05) is 0 Å². The smallest absolute Gasteiger partial charge is 0.354 e. The maximum Gasteiger partial charge on any atom is 0.354 e. The van der Waals surface area contributed by atoms with Crippen molar-refractivity contribution in [2.45, 2.75) is 6.92 Å². The average molecular weight is 325 g/mol. The highest BCUT2D eigenvalue weighted by molar-refractivity contribution is 7.58. The minimum Gasteiger partial charge on any atom is -0.464 e. The Hall–Kier alpha value is -1.91. The number of benzene rings is 1. The number of amides is 1. The van der Waals surface area contributed by atoms with Gasteiger partial charge in [0.2, 0.25) is 7.37 Å². The van der Waals surface area contributed by atoms with Crippen LogP contribution in [0.2, 0.25) is 0 Å². The van der Waals surface area contributed by atoms with Crippen LogP contribution in [0.3, 0.4) is 0 Å². The van der Waals surface area contributed by atoms with E-state index in [9.17, 15) is 14.2 Å². The number of ether oxygens (including phenoxy) is 1. The van der Waals surface area contributed by atoms with Gasteiger partial charge in [-0.2, -0.15) is 0 Å². The molecule has 1 aromatic rings. The van der Waals surface area contributed by atoms with Gasteiger partial charge in [-0.25, -0.2) is 4.79 Å². The maximum atomic E-state index is 12.1. The molecular weight excluding hydrogens is 305 g/mol. The molecule has 0 heterocycles. The highest BCUT2D eigenvalue weighted by Gasteiger charge is 2.18. The van der Waals surface area contributed by atoms with E-state index in [1.54, 1.807) is 37.3 Å². The normalized spacial score (nSPS) is 14.0. The van der Waals surface area contributed by atoms with Gasteiger partial charge in [0.05, 0.1) is 13.7 Å². The molecule has 0 saturated heterocycles. The van der Waals surface area contributed by atoms with Crippen molar-refractivity contribution in [1.82, 2.24) is 5.32 Å². The SMILES string of the molecule is CCOP(C)(=O)C/C=C(\NC(=O)c1ccccc1)C(=O)OC. The average Bonchev–Trinajstić information content (AvgIpc) is 2.51. The standard InChI is InChI=1S/C15H20NO5P/c1-4-21-22(3,19)11-10-13(15(18)20-2)16-14(17)12-8-6-5-7-9-12/h5-10H,4,11H2,1-3H3,(H,16,17)/b13-10-. The molecule has 0 radical (unpaired) electrons. The van der Waals surface area contributed by atoms with Gasteiger partial charge >= 0.3 is 5.97 Å². The van der Waals surface area contributed by atoms with Crippen LogP contribution in [0.25, 0.3) is 0 Å². The lowest BCUT2D eigenvalue weighted by Crippen LogP contribution is -2.28. The summed E-state index contributed by atoms with van der Waals surface area (Å²) in [6.45, 7) is 3.52. The van der Waals surface area contributed by atoms with Gasteiger partial charge in [0.1, 0.15) is 5.70 Å². The molecule has 6 nitrogen and oxygen atoms in total. The summed E-state index contributed by atoms with van der Waals surface area (Å²) in [5.74, 6) is -1.15. The molecule has 120 valence electrons. The van der Waals surface area contributed by atoms with Crippen LogP contribution in [-0.4, -0.2) is 38.4 Å². The van der Waals surface area contributed by atoms with Crippen LogP contribution in [0.5, 0.6) is 0 Å². The Kier molecular flexibility index (Phi) is 7.02. The van der Waals surface area contributed by atoms with E-state index < -0.39 is 19.2 Å². The largest absolute Gasteiger partial charge is 0.464 e. The zero-order chi connectivity index (χ0) is 16.6. The lowest BCUT2D eigenvalue weighted by atomic mass is 10.2. The molecule has 7 heteroatoms. The van der Waals surface area contributed by atoms with Gasteiger partial charge in [0.15, 0.2) is 0 Å². The van der Waals surface area contributed by atoms with Crippen LogP contribution in [0, 0.1) is 0 Å². The first-order valence-corrected chi connectivity index (χ1v) is 9.01. The molecule has 1 N–H and O–H groups in total. The highest BCUT2D eigenvalue weighted by Crippen LogP contribution is 2.42. The first-order valence-electron chi connectivity index (χ1n) is 6.75. The number of allylic oxidation sites excluding steroid dienone is 1. The van der Waals surface area contributed by atoms with E-state index in [0.29, 0.717) is 12.2 Å². The lowest BCUT2D eigenvalue weighted by Gasteiger charge is -2.12. The Bertz CT molecular complexity index is 597. The van der Waals surface area contributed by atoms with E-state index >= 15 is 0 Å². The first kappa shape index (κ1) is 18.1. The second-order valence-electron chi connectivity index (χ2n) is 4.54. The van der Waals surface area contributed by atoms with Gasteiger partial charge < -0.3 is 14.6 Å². The number of methoxy groups -OCH3 is 1.